The summed E-state index contributed by atoms with van der Waals surface area (Å²) in [5.41, 5.74) is 1.67. The number of likely N-dealkylation sites (N-methyl/N-ethyl adjacent to an activating group) is 1. The van der Waals surface area contributed by atoms with E-state index in [0.717, 1.165) is 43.4 Å². The van der Waals surface area contributed by atoms with Crippen LogP contribution in [0.4, 0.5) is 4.39 Å². The number of carbonyl (C=O) groups excluding carboxylic acids is 1. The third-order valence-corrected chi connectivity index (χ3v) is 9.82. The number of nitrogens with zero attached hydrogens (tertiary/aromatic N) is 6. The van der Waals surface area contributed by atoms with Crippen LogP contribution in [0.1, 0.15) is 75.6 Å². The summed E-state index contributed by atoms with van der Waals surface area (Å²) in [4.78, 5) is 38.5. The van der Waals surface area contributed by atoms with Gasteiger partial charge in [0.05, 0.1) is 18.1 Å². The van der Waals surface area contributed by atoms with Crippen molar-refractivity contribution in [2.45, 2.75) is 94.5 Å². The molecule has 0 unspecified atom stereocenters. The molecule has 4 aliphatic rings. The first-order valence-corrected chi connectivity index (χ1v) is 14.9. The highest BCUT2D eigenvalue weighted by Crippen LogP contribution is 2.47. The van der Waals surface area contributed by atoms with E-state index in [1.54, 1.807) is 11.6 Å². The third kappa shape index (κ3) is 4.16. The van der Waals surface area contributed by atoms with Crippen LogP contribution >= 0.6 is 0 Å². The van der Waals surface area contributed by atoms with Crippen LogP contribution in [0.2, 0.25) is 0 Å². The summed E-state index contributed by atoms with van der Waals surface area (Å²) < 4.78 is 35.5. The zero-order valence-electron chi connectivity index (χ0n) is 23.9. The van der Waals surface area contributed by atoms with Crippen LogP contribution in [0, 0.1) is 0 Å². The fourth-order valence-corrected chi connectivity index (χ4v) is 7.62. The molecule has 1 spiro atoms. The predicted molar refractivity (Wildman–Crippen MR) is 147 cm³/mol. The van der Waals surface area contributed by atoms with Crippen molar-refractivity contribution >= 4 is 16.9 Å². The summed E-state index contributed by atoms with van der Waals surface area (Å²) in [5.74, 6) is 1.18. The molecule has 3 fully saturated rings. The number of hydrogen-bond donors (Lipinski definition) is 0. The minimum Gasteiger partial charge on any atom is -0.471 e. The van der Waals surface area contributed by atoms with Gasteiger partial charge in [-0.15, -0.1) is 0 Å². The van der Waals surface area contributed by atoms with Crippen LogP contribution in [-0.2, 0) is 28.4 Å². The topological polar surface area (TPSA) is 118 Å². The van der Waals surface area contributed by atoms with E-state index in [2.05, 4.69) is 5.16 Å². The average Bonchev–Trinajstić information content (AvgIpc) is 3.74. The molecule has 3 aromatic heterocycles. The monoisotopic (exact) mass is 568 g/mol. The lowest BCUT2D eigenvalue weighted by atomic mass is 9.64. The summed E-state index contributed by atoms with van der Waals surface area (Å²) in [5, 5.41) is 4.48. The van der Waals surface area contributed by atoms with Crippen molar-refractivity contribution in [1.29, 1.82) is 0 Å². The van der Waals surface area contributed by atoms with Gasteiger partial charge >= 0.3 is 5.69 Å². The lowest BCUT2D eigenvalue weighted by molar-refractivity contribution is -0.127. The molecule has 7 rings (SSSR count). The summed E-state index contributed by atoms with van der Waals surface area (Å²) >= 11 is 0. The highest BCUT2D eigenvalue weighted by molar-refractivity contribution is 5.91. The number of fused-ring (bicyclic) bond motifs is 3. The lowest BCUT2D eigenvalue weighted by Crippen LogP contribution is -2.41. The second-order valence-corrected chi connectivity index (χ2v) is 12.3. The van der Waals surface area contributed by atoms with Gasteiger partial charge in [0.1, 0.15) is 23.8 Å². The van der Waals surface area contributed by atoms with Crippen LogP contribution < -0.4 is 10.4 Å². The second kappa shape index (κ2) is 10.0. The zero-order chi connectivity index (χ0) is 28.5. The number of Topliss-reactive ketones (excluding diaryl/α,β-unsaturated/α-hetero) is 1. The van der Waals surface area contributed by atoms with E-state index in [0.29, 0.717) is 62.4 Å². The summed E-state index contributed by atoms with van der Waals surface area (Å²) in [6.45, 7) is 3.24. The number of imidazole rings is 1. The standard InChI is InChI=1S/C29H37FN6O5/c1-16(20-13-17(30)14-34(20)2)40-27-22-26(36(28(38)35(22)3)18-9-12-39-15-18)31-25(32-27)23-19-7-6-11-29(24(19)33-41-23)10-5-4-8-21(29)37/h16-18,20H,4-15H2,1-3H3/t16-,17+,18+,20-,29+/m0/s1. The summed E-state index contributed by atoms with van der Waals surface area (Å²) in [6, 6.07) is -0.310. The van der Waals surface area contributed by atoms with E-state index in [1.165, 1.54) is 4.57 Å². The third-order valence-electron chi connectivity index (χ3n) is 9.82. The first kappa shape index (κ1) is 26.8. The van der Waals surface area contributed by atoms with Crippen molar-refractivity contribution in [3.63, 3.8) is 0 Å². The average molecular weight is 569 g/mol. The number of ketones is 1. The second-order valence-electron chi connectivity index (χ2n) is 12.3. The number of likely N-dealkylation sites (tertiary alicyclic amines) is 1. The maximum atomic E-state index is 14.2. The van der Waals surface area contributed by atoms with Gasteiger partial charge in [-0.2, -0.15) is 4.98 Å². The highest BCUT2D eigenvalue weighted by Gasteiger charge is 2.48. The van der Waals surface area contributed by atoms with Gasteiger partial charge in [-0.3, -0.25) is 18.8 Å². The van der Waals surface area contributed by atoms with E-state index in [-0.39, 0.29) is 35.3 Å². The predicted octanol–water partition coefficient (Wildman–Crippen LogP) is 3.27. The highest BCUT2D eigenvalue weighted by atomic mass is 19.1. The molecule has 1 saturated carbocycles. The normalized spacial score (nSPS) is 29.5. The van der Waals surface area contributed by atoms with Crippen LogP contribution in [-0.4, -0.2) is 80.1 Å². The molecule has 5 atom stereocenters. The van der Waals surface area contributed by atoms with Gasteiger partial charge in [-0.1, -0.05) is 11.6 Å². The fraction of sp³-hybridized carbons (Fsp3) is 0.690. The van der Waals surface area contributed by atoms with Crippen LogP contribution in [0.5, 0.6) is 5.88 Å². The molecule has 2 saturated heterocycles. The molecule has 2 aliphatic carbocycles. The summed E-state index contributed by atoms with van der Waals surface area (Å²) in [6.07, 6.45) is 5.32. The number of rotatable bonds is 5. The lowest BCUT2D eigenvalue weighted by Gasteiger charge is -2.37. The number of aryl methyl sites for hydroxylation is 1. The molecule has 220 valence electrons. The molecule has 0 amide bonds. The molecule has 0 N–H and O–H groups in total. The minimum atomic E-state index is -0.916. The smallest absolute Gasteiger partial charge is 0.330 e. The maximum Gasteiger partial charge on any atom is 0.330 e. The van der Waals surface area contributed by atoms with E-state index < -0.39 is 17.7 Å². The van der Waals surface area contributed by atoms with Crippen molar-refractivity contribution in [3.05, 3.63) is 21.7 Å². The Bertz CT molecular complexity index is 1560. The van der Waals surface area contributed by atoms with Gasteiger partial charge in [-0.25, -0.2) is 14.2 Å². The summed E-state index contributed by atoms with van der Waals surface area (Å²) in [7, 11) is 3.58. The Morgan fingerprint density at radius 2 is 1.95 bits per heavy atom. The van der Waals surface area contributed by atoms with Gasteiger partial charge in [0.15, 0.2) is 11.2 Å². The number of ether oxygens (including phenoxy) is 2. The number of alkyl halides is 1. The Hall–Kier alpha value is -3.12. The molecule has 5 heterocycles. The molecular weight excluding hydrogens is 531 g/mol. The molecule has 41 heavy (non-hydrogen) atoms. The number of aromatic nitrogens is 5. The van der Waals surface area contributed by atoms with E-state index >= 15 is 0 Å². The van der Waals surface area contributed by atoms with Crippen molar-refractivity contribution in [2.24, 2.45) is 7.05 Å². The van der Waals surface area contributed by atoms with E-state index in [1.807, 2.05) is 18.9 Å². The van der Waals surface area contributed by atoms with E-state index in [9.17, 15) is 14.0 Å². The number of carbonyl (C=O) groups is 1. The first-order valence-electron chi connectivity index (χ1n) is 14.9. The fourth-order valence-electron chi connectivity index (χ4n) is 7.62. The van der Waals surface area contributed by atoms with Crippen LogP contribution in [0.3, 0.4) is 0 Å². The van der Waals surface area contributed by atoms with Crippen LogP contribution in [0.25, 0.3) is 22.7 Å². The van der Waals surface area contributed by atoms with Crippen molar-refractivity contribution in [1.82, 2.24) is 29.2 Å². The zero-order valence-corrected chi connectivity index (χ0v) is 23.9. The quantitative estimate of drug-likeness (QED) is 0.457. The molecular formula is C29H37FN6O5. The largest absolute Gasteiger partial charge is 0.471 e. The Labute approximate surface area is 237 Å². The molecule has 0 aromatic carbocycles. The number of halogens is 1. The Morgan fingerprint density at radius 3 is 2.68 bits per heavy atom. The first-order chi connectivity index (χ1) is 19.8. The molecule has 2 aliphatic heterocycles. The SMILES string of the molecule is C[C@H](Oc1nc(-c2onc3c2CCC[C@@]32CCCCC2=O)nc2c1n(C)c(=O)n2[C@@H]1CCOC1)[C@@H]1C[C@@H](F)CN1C. The van der Waals surface area contributed by atoms with Crippen LogP contribution in [0.15, 0.2) is 9.32 Å². The molecule has 12 heteroatoms. The molecule has 11 nitrogen and oxygen atoms in total. The van der Waals surface area contributed by atoms with Crippen molar-refractivity contribution in [2.75, 3.05) is 26.8 Å². The number of hydrogen-bond acceptors (Lipinski definition) is 9. The molecule has 3 aromatic rings. The van der Waals surface area contributed by atoms with E-state index in [4.69, 9.17) is 24.0 Å². The molecule has 0 bridgehead atoms. The van der Waals surface area contributed by atoms with Gasteiger partial charge in [0.2, 0.25) is 17.5 Å². The van der Waals surface area contributed by atoms with Gasteiger partial charge < -0.3 is 14.0 Å². The van der Waals surface area contributed by atoms with Crippen molar-refractivity contribution in [3.8, 4) is 17.5 Å². The molecule has 0 radical (unpaired) electrons. The van der Waals surface area contributed by atoms with Crippen molar-refractivity contribution < 1.29 is 23.2 Å². The van der Waals surface area contributed by atoms with Gasteiger partial charge in [-0.05, 0) is 58.9 Å². The Kier molecular flexibility index (Phi) is 6.53. The van der Waals surface area contributed by atoms with Gasteiger partial charge in [0.25, 0.3) is 0 Å². The minimum absolute atomic E-state index is 0.143. The van der Waals surface area contributed by atoms with Gasteiger partial charge in [0, 0.05) is 38.2 Å². The Morgan fingerprint density at radius 1 is 1.12 bits per heavy atom. The maximum absolute atomic E-state index is 14.2. The Balaban J connectivity index is 1.38.